The molecule has 5 nitrogen and oxygen atoms in total. The molecule has 0 aliphatic carbocycles. The number of amides is 1. The van der Waals surface area contributed by atoms with E-state index in [0.29, 0.717) is 23.6 Å². The molecule has 0 saturated heterocycles. The zero-order valence-corrected chi connectivity index (χ0v) is 15.0. The number of halogens is 1. The van der Waals surface area contributed by atoms with E-state index in [1.165, 1.54) is 0 Å². The third-order valence-electron chi connectivity index (χ3n) is 3.16. The van der Waals surface area contributed by atoms with Crippen LogP contribution in [0.1, 0.15) is 24.2 Å². The SMILES string of the molecule is CCOC(=O)c1ccc(NC(=O)[C@@H](C)Oc2ccc(Br)cc2)cc1. The highest BCUT2D eigenvalue weighted by molar-refractivity contribution is 9.10. The molecule has 0 spiro atoms. The Kier molecular flexibility index (Phi) is 6.37. The topological polar surface area (TPSA) is 64.6 Å². The first kappa shape index (κ1) is 18.0. The minimum Gasteiger partial charge on any atom is -0.481 e. The summed E-state index contributed by atoms with van der Waals surface area (Å²) in [5, 5.41) is 2.75. The Hall–Kier alpha value is -2.34. The van der Waals surface area contributed by atoms with Gasteiger partial charge in [-0.3, -0.25) is 4.79 Å². The molecule has 0 heterocycles. The molecular formula is C18H18BrNO4. The summed E-state index contributed by atoms with van der Waals surface area (Å²) in [7, 11) is 0. The highest BCUT2D eigenvalue weighted by Gasteiger charge is 2.15. The van der Waals surface area contributed by atoms with Gasteiger partial charge in [-0.15, -0.1) is 0 Å². The van der Waals surface area contributed by atoms with Gasteiger partial charge < -0.3 is 14.8 Å². The van der Waals surface area contributed by atoms with Crippen molar-refractivity contribution in [1.29, 1.82) is 0 Å². The van der Waals surface area contributed by atoms with E-state index in [-0.39, 0.29) is 11.9 Å². The number of carbonyl (C=O) groups is 2. The molecule has 1 atom stereocenters. The number of carbonyl (C=O) groups excluding carboxylic acids is 2. The summed E-state index contributed by atoms with van der Waals surface area (Å²) in [6.45, 7) is 3.74. The van der Waals surface area contributed by atoms with E-state index in [1.54, 1.807) is 50.2 Å². The summed E-state index contributed by atoms with van der Waals surface area (Å²) >= 11 is 3.34. The molecule has 1 N–H and O–H groups in total. The molecule has 0 aromatic heterocycles. The van der Waals surface area contributed by atoms with Gasteiger partial charge in [0, 0.05) is 10.2 Å². The van der Waals surface area contributed by atoms with Crippen LogP contribution in [0.2, 0.25) is 0 Å². The second-order valence-electron chi connectivity index (χ2n) is 5.00. The lowest BCUT2D eigenvalue weighted by Gasteiger charge is -2.15. The van der Waals surface area contributed by atoms with Crippen LogP contribution >= 0.6 is 15.9 Å². The lowest BCUT2D eigenvalue weighted by atomic mass is 10.2. The second-order valence-corrected chi connectivity index (χ2v) is 5.92. The maximum atomic E-state index is 12.2. The second kappa shape index (κ2) is 8.49. The molecule has 24 heavy (non-hydrogen) atoms. The summed E-state index contributed by atoms with van der Waals surface area (Å²) in [6, 6.07) is 13.8. The number of anilines is 1. The van der Waals surface area contributed by atoms with E-state index < -0.39 is 6.10 Å². The molecule has 6 heteroatoms. The lowest BCUT2D eigenvalue weighted by molar-refractivity contribution is -0.122. The van der Waals surface area contributed by atoms with Gasteiger partial charge >= 0.3 is 5.97 Å². The average molecular weight is 392 g/mol. The quantitative estimate of drug-likeness (QED) is 0.754. The maximum Gasteiger partial charge on any atom is 0.338 e. The Labute approximate surface area is 149 Å². The fourth-order valence-corrected chi connectivity index (χ4v) is 2.18. The minimum atomic E-state index is -0.657. The van der Waals surface area contributed by atoms with Gasteiger partial charge in [0.1, 0.15) is 5.75 Å². The summed E-state index contributed by atoms with van der Waals surface area (Å²) in [5.74, 6) is -0.0531. The molecule has 126 valence electrons. The molecule has 0 aliphatic rings. The van der Waals surface area contributed by atoms with Crippen molar-refractivity contribution in [2.75, 3.05) is 11.9 Å². The largest absolute Gasteiger partial charge is 0.481 e. The van der Waals surface area contributed by atoms with E-state index in [1.807, 2.05) is 12.1 Å². The summed E-state index contributed by atoms with van der Waals surface area (Å²) in [6.07, 6.45) is -0.657. The number of hydrogen-bond acceptors (Lipinski definition) is 4. The number of hydrogen-bond donors (Lipinski definition) is 1. The fraction of sp³-hybridized carbons (Fsp3) is 0.222. The Morgan fingerprint density at radius 3 is 2.29 bits per heavy atom. The molecule has 2 aromatic rings. The van der Waals surface area contributed by atoms with Crippen LogP contribution in [-0.2, 0) is 9.53 Å². The molecule has 0 unspecified atom stereocenters. The zero-order chi connectivity index (χ0) is 17.5. The Morgan fingerprint density at radius 1 is 1.08 bits per heavy atom. The molecule has 0 radical (unpaired) electrons. The van der Waals surface area contributed by atoms with Crippen molar-refractivity contribution in [2.45, 2.75) is 20.0 Å². The third kappa shape index (κ3) is 5.09. The van der Waals surface area contributed by atoms with Crippen LogP contribution in [-0.4, -0.2) is 24.6 Å². The Balaban J connectivity index is 1.93. The fourth-order valence-electron chi connectivity index (χ4n) is 1.92. The number of ether oxygens (including phenoxy) is 2. The summed E-state index contributed by atoms with van der Waals surface area (Å²) < 4.78 is 11.4. The smallest absolute Gasteiger partial charge is 0.338 e. The molecule has 0 fully saturated rings. The van der Waals surface area contributed by atoms with Crippen LogP contribution in [0.5, 0.6) is 5.75 Å². The minimum absolute atomic E-state index is 0.276. The van der Waals surface area contributed by atoms with Crippen LogP contribution in [0.4, 0.5) is 5.69 Å². The Morgan fingerprint density at radius 2 is 1.71 bits per heavy atom. The van der Waals surface area contributed by atoms with E-state index in [9.17, 15) is 9.59 Å². The van der Waals surface area contributed by atoms with E-state index >= 15 is 0 Å². The highest BCUT2D eigenvalue weighted by atomic mass is 79.9. The number of esters is 1. The van der Waals surface area contributed by atoms with Crippen molar-refractivity contribution in [2.24, 2.45) is 0 Å². The molecular weight excluding hydrogens is 374 g/mol. The molecule has 0 aliphatic heterocycles. The number of benzene rings is 2. The van der Waals surface area contributed by atoms with E-state index in [0.717, 1.165) is 4.47 Å². The van der Waals surface area contributed by atoms with Crippen LogP contribution in [0.25, 0.3) is 0 Å². The summed E-state index contributed by atoms with van der Waals surface area (Å²) in [4.78, 5) is 23.7. The van der Waals surface area contributed by atoms with Gasteiger partial charge in [0.25, 0.3) is 5.91 Å². The molecule has 0 bridgehead atoms. The van der Waals surface area contributed by atoms with Crippen LogP contribution in [0.15, 0.2) is 53.0 Å². The Bertz CT molecular complexity index is 698. The van der Waals surface area contributed by atoms with Crippen molar-refractivity contribution in [3.05, 3.63) is 58.6 Å². The number of rotatable bonds is 6. The average Bonchev–Trinajstić information content (AvgIpc) is 2.57. The van der Waals surface area contributed by atoms with E-state index in [4.69, 9.17) is 9.47 Å². The molecule has 0 saturated carbocycles. The molecule has 2 aromatic carbocycles. The van der Waals surface area contributed by atoms with Crippen molar-refractivity contribution >= 4 is 33.5 Å². The first-order valence-electron chi connectivity index (χ1n) is 7.50. The lowest BCUT2D eigenvalue weighted by Crippen LogP contribution is -2.30. The first-order valence-corrected chi connectivity index (χ1v) is 8.29. The molecule has 2 rings (SSSR count). The normalized spacial score (nSPS) is 11.5. The van der Waals surface area contributed by atoms with Gasteiger partial charge in [-0.2, -0.15) is 0 Å². The van der Waals surface area contributed by atoms with Gasteiger partial charge in [-0.25, -0.2) is 4.79 Å². The molecule has 1 amide bonds. The predicted molar refractivity (Wildman–Crippen MR) is 95.3 cm³/mol. The van der Waals surface area contributed by atoms with Crippen molar-refractivity contribution in [1.82, 2.24) is 0 Å². The highest BCUT2D eigenvalue weighted by Crippen LogP contribution is 2.18. The van der Waals surface area contributed by atoms with Gasteiger partial charge in [0.05, 0.1) is 12.2 Å². The third-order valence-corrected chi connectivity index (χ3v) is 3.69. The van der Waals surface area contributed by atoms with E-state index in [2.05, 4.69) is 21.2 Å². The van der Waals surface area contributed by atoms with Crippen LogP contribution in [0.3, 0.4) is 0 Å². The van der Waals surface area contributed by atoms with Gasteiger partial charge in [0.15, 0.2) is 6.10 Å². The van der Waals surface area contributed by atoms with Crippen molar-refractivity contribution in [3.63, 3.8) is 0 Å². The predicted octanol–water partition coefficient (Wildman–Crippen LogP) is 4.03. The maximum absolute atomic E-state index is 12.2. The summed E-state index contributed by atoms with van der Waals surface area (Å²) in [5.41, 5.74) is 1.02. The zero-order valence-electron chi connectivity index (χ0n) is 13.4. The van der Waals surface area contributed by atoms with Crippen LogP contribution < -0.4 is 10.1 Å². The van der Waals surface area contributed by atoms with Crippen LogP contribution in [0, 0.1) is 0 Å². The van der Waals surface area contributed by atoms with Gasteiger partial charge in [0.2, 0.25) is 0 Å². The standard InChI is InChI=1S/C18H18BrNO4/c1-3-23-18(22)13-4-8-15(9-5-13)20-17(21)12(2)24-16-10-6-14(19)7-11-16/h4-12H,3H2,1-2H3,(H,20,21)/t12-/m1/s1. The first-order chi connectivity index (χ1) is 11.5. The van der Waals surface area contributed by atoms with Gasteiger partial charge in [-0.1, -0.05) is 15.9 Å². The van der Waals surface area contributed by atoms with Gasteiger partial charge in [-0.05, 0) is 62.4 Å². The number of nitrogens with one attached hydrogen (secondary N) is 1. The van der Waals surface area contributed by atoms with Crippen molar-refractivity contribution < 1.29 is 19.1 Å². The monoisotopic (exact) mass is 391 g/mol. The van der Waals surface area contributed by atoms with Crippen molar-refractivity contribution in [3.8, 4) is 5.75 Å².